The molecular formula is C17H26ClN3O. The lowest BCUT2D eigenvalue weighted by Gasteiger charge is -2.11. The van der Waals surface area contributed by atoms with Crippen molar-refractivity contribution in [2.75, 3.05) is 26.3 Å². The van der Waals surface area contributed by atoms with Gasteiger partial charge >= 0.3 is 0 Å². The van der Waals surface area contributed by atoms with Gasteiger partial charge in [0.05, 0.1) is 6.54 Å². The predicted octanol–water partition coefficient (Wildman–Crippen LogP) is 3.21. The fourth-order valence-corrected chi connectivity index (χ4v) is 2.24. The maximum absolute atomic E-state index is 6.15. The summed E-state index contributed by atoms with van der Waals surface area (Å²) in [4.78, 5) is 4.57. The summed E-state index contributed by atoms with van der Waals surface area (Å²) in [5.41, 5.74) is 1.04. The minimum Gasteiger partial charge on any atom is -0.381 e. The molecule has 0 saturated heterocycles. The zero-order valence-corrected chi connectivity index (χ0v) is 14.0. The monoisotopic (exact) mass is 323 g/mol. The lowest BCUT2D eigenvalue weighted by atomic mass is 10.2. The lowest BCUT2D eigenvalue weighted by molar-refractivity contribution is 0.123. The molecule has 0 unspecified atom stereocenters. The van der Waals surface area contributed by atoms with Crippen LogP contribution in [0.4, 0.5) is 0 Å². The summed E-state index contributed by atoms with van der Waals surface area (Å²) in [6.07, 6.45) is 3.68. The minimum absolute atomic E-state index is 0.577. The van der Waals surface area contributed by atoms with Crippen LogP contribution in [0.5, 0.6) is 0 Å². The lowest BCUT2D eigenvalue weighted by Crippen LogP contribution is -2.38. The van der Waals surface area contributed by atoms with Crippen molar-refractivity contribution in [2.24, 2.45) is 10.9 Å². The van der Waals surface area contributed by atoms with Gasteiger partial charge in [0.15, 0.2) is 5.96 Å². The molecule has 0 spiro atoms. The fourth-order valence-electron chi connectivity index (χ4n) is 2.05. The average molecular weight is 324 g/mol. The van der Waals surface area contributed by atoms with E-state index in [1.807, 2.05) is 24.3 Å². The number of hydrogen-bond donors (Lipinski definition) is 2. The van der Waals surface area contributed by atoms with Crippen LogP contribution in [0.15, 0.2) is 29.3 Å². The van der Waals surface area contributed by atoms with Gasteiger partial charge in [0.25, 0.3) is 0 Å². The second kappa shape index (κ2) is 9.70. The highest BCUT2D eigenvalue weighted by Gasteiger charge is 2.20. The topological polar surface area (TPSA) is 45.7 Å². The number of aliphatic imine (C=N–C) groups is 1. The van der Waals surface area contributed by atoms with Crippen LogP contribution < -0.4 is 10.6 Å². The van der Waals surface area contributed by atoms with E-state index in [2.05, 4.69) is 22.5 Å². The Morgan fingerprint density at radius 2 is 2.14 bits per heavy atom. The van der Waals surface area contributed by atoms with E-state index in [0.29, 0.717) is 6.54 Å². The molecule has 22 heavy (non-hydrogen) atoms. The molecule has 1 saturated carbocycles. The zero-order valence-electron chi connectivity index (χ0n) is 13.3. The van der Waals surface area contributed by atoms with Crippen LogP contribution in [0, 0.1) is 5.92 Å². The van der Waals surface area contributed by atoms with Crippen LogP contribution in [0.25, 0.3) is 0 Å². The van der Waals surface area contributed by atoms with Crippen molar-refractivity contribution in [3.63, 3.8) is 0 Å². The SMILES string of the molecule is CCNC(=NCc1ccccc1Cl)NCCCOCC1CC1. The number of halogens is 1. The number of guanidine groups is 1. The normalized spacial score (nSPS) is 14.9. The minimum atomic E-state index is 0.577. The van der Waals surface area contributed by atoms with Gasteiger partial charge in [-0.05, 0) is 43.7 Å². The number of nitrogens with one attached hydrogen (secondary N) is 2. The van der Waals surface area contributed by atoms with E-state index in [4.69, 9.17) is 16.3 Å². The summed E-state index contributed by atoms with van der Waals surface area (Å²) < 4.78 is 5.63. The van der Waals surface area contributed by atoms with Crippen molar-refractivity contribution >= 4 is 17.6 Å². The van der Waals surface area contributed by atoms with Crippen LogP contribution >= 0.6 is 11.6 Å². The molecule has 1 fully saturated rings. The molecule has 1 aromatic carbocycles. The fraction of sp³-hybridized carbons (Fsp3) is 0.588. The Morgan fingerprint density at radius 1 is 1.32 bits per heavy atom. The van der Waals surface area contributed by atoms with Crippen LogP contribution in [-0.4, -0.2) is 32.3 Å². The molecule has 0 aliphatic heterocycles. The van der Waals surface area contributed by atoms with Gasteiger partial charge in [0.2, 0.25) is 0 Å². The van der Waals surface area contributed by atoms with E-state index in [-0.39, 0.29) is 0 Å². The third-order valence-corrected chi connectivity index (χ3v) is 3.89. The van der Waals surface area contributed by atoms with E-state index in [9.17, 15) is 0 Å². The standard InChI is InChI=1S/C17H26ClN3O/c1-2-19-17(20-10-5-11-22-13-14-8-9-14)21-12-15-6-3-4-7-16(15)18/h3-4,6-7,14H,2,5,8-13H2,1H3,(H2,19,20,21). The average Bonchev–Trinajstić information content (AvgIpc) is 3.33. The number of ether oxygens (including phenoxy) is 1. The second-order valence-electron chi connectivity index (χ2n) is 5.59. The van der Waals surface area contributed by atoms with Crippen molar-refractivity contribution in [3.8, 4) is 0 Å². The van der Waals surface area contributed by atoms with E-state index in [1.165, 1.54) is 12.8 Å². The van der Waals surface area contributed by atoms with Gasteiger partial charge in [-0.3, -0.25) is 0 Å². The zero-order chi connectivity index (χ0) is 15.6. The molecular weight excluding hydrogens is 298 g/mol. The van der Waals surface area contributed by atoms with Crippen LogP contribution in [0.3, 0.4) is 0 Å². The molecule has 0 atom stereocenters. The molecule has 4 nitrogen and oxygen atoms in total. The largest absolute Gasteiger partial charge is 0.381 e. The highest BCUT2D eigenvalue weighted by atomic mass is 35.5. The maximum Gasteiger partial charge on any atom is 0.191 e. The quantitative estimate of drug-likeness (QED) is 0.417. The number of benzene rings is 1. The molecule has 2 rings (SSSR count). The van der Waals surface area contributed by atoms with Crippen molar-refractivity contribution < 1.29 is 4.74 Å². The molecule has 1 aromatic rings. The van der Waals surface area contributed by atoms with E-state index >= 15 is 0 Å². The van der Waals surface area contributed by atoms with Crippen molar-refractivity contribution in [3.05, 3.63) is 34.9 Å². The molecule has 0 heterocycles. The van der Waals surface area contributed by atoms with Gasteiger partial charge in [0.1, 0.15) is 0 Å². The first-order valence-electron chi connectivity index (χ1n) is 8.13. The van der Waals surface area contributed by atoms with E-state index < -0.39 is 0 Å². The second-order valence-corrected chi connectivity index (χ2v) is 5.99. The number of hydrogen-bond acceptors (Lipinski definition) is 2. The van der Waals surface area contributed by atoms with Crippen LogP contribution in [0.2, 0.25) is 5.02 Å². The Labute approximate surface area is 138 Å². The molecule has 5 heteroatoms. The maximum atomic E-state index is 6.15. The van der Waals surface area contributed by atoms with Crippen molar-refractivity contribution in [1.82, 2.24) is 10.6 Å². The molecule has 122 valence electrons. The first-order chi connectivity index (χ1) is 10.8. The third kappa shape index (κ3) is 6.67. The summed E-state index contributed by atoms with van der Waals surface area (Å²) >= 11 is 6.15. The summed E-state index contributed by atoms with van der Waals surface area (Å²) in [5, 5.41) is 7.34. The molecule has 1 aliphatic carbocycles. The Bertz CT molecular complexity index is 475. The Kier molecular flexibility index (Phi) is 7.54. The van der Waals surface area contributed by atoms with E-state index in [1.54, 1.807) is 0 Å². The molecule has 1 aliphatic rings. The summed E-state index contributed by atoms with van der Waals surface area (Å²) in [5.74, 6) is 1.66. The van der Waals surface area contributed by atoms with Crippen molar-refractivity contribution in [2.45, 2.75) is 32.7 Å². The summed E-state index contributed by atoms with van der Waals surface area (Å²) in [7, 11) is 0. The first kappa shape index (κ1) is 17.1. The van der Waals surface area contributed by atoms with Gasteiger partial charge in [-0.25, -0.2) is 4.99 Å². The summed E-state index contributed by atoms with van der Waals surface area (Å²) in [6.45, 7) is 6.08. The number of rotatable bonds is 9. The highest BCUT2D eigenvalue weighted by molar-refractivity contribution is 6.31. The molecule has 2 N–H and O–H groups in total. The Balaban J connectivity index is 1.68. The Hall–Kier alpha value is -1.26. The molecule has 0 radical (unpaired) electrons. The van der Waals surface area contributed by atoms with Gasteiger partial charge < -0.3 is 15.4 Å². The van der Waals surface area contributed by atoms with Crippen LogP contribution in [-0.2, 0) is 11.3 Å². The van der Waals surface area contributed by atoms with Gasteiger partial charge in [0, 0.05) is 31.3 Å². The predicted molar refractivity (Wildman–Crippen MR) is 92.4 cm³/mol. The number of nitrogens with zero attached hydrogens (tertiary/aromatic N) is 1. The molecule has 0 aromatic heterocycles. The molecule has 0 bridgehead atoms. The van der Waals surface area contributed by atoms with Gasteiger partial charge in [-0.1, -0.05) is 29.8 Å². The summed E-state index contributed by atoms with van der Waals surface area (Å²) in [6, 6.07) is 7.81. The Morgan fingerprint density at radius 3 is 2.86 bits per heavy atom. The van der Waals surface area contributed by atoms with Gasteiger partial charge in [-0.15, -0.1) is 0 Å². The third-order valence-electron chi connectivity index (χ3n) is 3.52. The smallest absolute Gasteiger partial charge is 0.191 e. The van der Waals surface area contributed by atoms with Crippen LogP contribution in [0.1, 0.15) is 31.7 Å². The van der Waals surface area contributed by atoms with Crippen molar-refractivity contribution in [1.29, 1.82) is 0 Å². The highest BCUT2D eigenvalue weighted by Crippen LogP contribution is 2.28. The molecule has 0 amide bonds. The van der Waals surface area contributed by atoms with Gasteiger partial charge in [-0.2, -0.15) is 0 Å². The first-order valence-corrected chi connectivity index (χ1v) is 8.50. The van der Waals surface area contributed by atoms with E-state index in [0.717, 1.165) is 55.2 Å².